The number of carbonyl (C=O) groups is 4. The van der Waals surface area contributed by atoms with Crippen molar-refractivity contribution in [1.29, 1.82) is 0 Å². The number of benzene rings is 1. The maximum atomic E-state index is 12.9. The summed E-state index contributed by atoms with van der Waals surface area (Å²) in [6.07, 6.45) is 1.90. The molecule has 1 fully saturated rings. The minimum atomic E-state index is -1.05. The molecule has 30 heavy (non-hydrogen) atoms. The number of nitrogens with one attached hydrogen (secondary N) is 2. The van der Waals surface area contributed by atoms with Crippen LogP contribution in [-0.2, 0) is 14.4 Å². The predicted octanol–water partition coefficient (Wildman–Crippen LogP) is 0.0105. The number of ether oxygens (including phenoxy) is 1. The molecule has 1 aliphatic heterocycles. The van der Waals surface area contributed by atoms with Gasteiger partial charge in [-0.1, -0.05) is 12.1 Å². The highest BCUT2D eigenvalue weighted by molar-refractivity contribution is 6.00. The highest BCUT2D eigenvalue weighted by Gasteiger charge is 2.29. The molecule has 0 bridgehead atoms. The van der Waals surface area contributed by atoms with Crippen LogP contribution in [0, 0.1) is 5.92 Å². The Hall–Kier alpha value is -3.10. The molecule has 0 aromatic heterocycles. The zero-order valence-corrected chi connectivity index (χ0v) is 17.3. The van der Waals surface area contributed by atoms with Crippen LogP contribution in [0.4, 0.5) is 0 Å². The maximum Gasteiger partial charge on any atom is 0.255 e. The first kappa shape index (κ1) is 21.6. The van der Waals surface area contributed by atoms with Crippen molar-refractivity contribution in [3.63, 3.8) is 0 Å². The van der Waals surface area contributed by atoms with E-state index in [0.717, 1.165) is 12.8 Å². The molecule has 3 rings (SSSR count). The molecule has 9 heteroatoms. The lowest BCUT2D eigenvalue weighted by Gasteiger charge is -2.25. The number of hydrogen-bond donors (Lipinski definition) is 2. The van der Waals surface area contributed by atoms with Crippen molar-refractivity contribution in [2.75, 3.05) is 40.3 Å². The van der Waals surface area contributed by atoms with Gasteiger partial charge < -0.3 is 25.2 Å². The summed E-state index contributed by atoms with van der Waals surface area (Å²) in [6, 6.07) is 5.64. The van der Waals surface area contributed by atoms with E-state index >= 15 is 0 Å². The Morgan fingerprint density at radius 2 is 1.87 bits per heavy atom. The fraction of sp³-hybridized carbons (Fsp3) is 0.524. The van der Waals surface area contributed by atoms with Crippen molar-refractivity contribution in [2.45, 2.75) is 25.3 Å². The molecule has 0 unspecified atom stereocenters. The molecule has 1 atom stereocenters. The van der Waals surface area contributed by atoms with Crippen molar-refractivity contribution in [1.82, 2.24) is 20.4 Å². The summed E-state index contributed by atoms with van der Waals surface area (Å²) in [5.74, 6) is -0.721. The SMILES string of the molecule is CN1CCOc2ccccc2C(=O)N[C@H](C(=O)NCC2CC2)CC(=O)N(C)CC1=O. The van der Waals surface area contributed by atoms with Crippen LogP contribution in [0.5, 0.6) is 5.75 Å². The number of para-hydroxylation sites is 1. The van der Waals surface area contributed by atoms with Gasteiger partial charge in [0.1, 0.15) is 18.4 Å². The molecule has 9 nitrogen and oxygen atoms in total. The number of hydrogen-bond acceptors (Lipinski definition) is 5. The van der Waals surface area contributed by atoms with Crippen LogP contribution in [0.15, 0.2) is 24.3 Å². The summed E-state index contributed by atoms with van der Waals surface area (Å²) in [4.78, 5) is 53.3. The van der Waals surface area contributed by atoms with Gasteiger partial charge >= 0.3 is 0 Å². The largest absolute Gasteiger partial charge is 0.491 e. The molecule has 1 aliphatic carbocycles. The van der Waals surface area contributed by atoms with E-state index in [-0.39, 0.29) is 31.0 Å². The van der Waals surface area contributed by atoms with Gasteiger partial charge in [0.25, 0.3) is 5.91 Å². The van der Waals surface area contributed by atoms with Crippen molar-refractivity contribution >= 4 is 23.6 Å². The average Bonchev–Trinajstić information content (AvgIpc) is 3.55. The third kappa shape index (κ3) is 5.71. The molecule has 0 radical (unpaired) electrons. The minimum Gasteiger partial charge on any atom is -0.491 e. The fourth-order valence-corrected chi connectivity index (χ4v) is 3.07. The van der Waals surface area contributed by atoms with E-state index in [4.69, 9.17) is 4.74 Å². The average molecular weight is 416 g/mol. The third-order valence-corrected chi connectivity index (χ3v) is 5.30. The van der Waals surface area contributed by atoms with Gasteiger partial charge in [0.2, 0.25) is 17.7 Å². The topological polar surface area (TPSA) is 108 Å². The number of carbonyl (C=O) groups excluding carboxylic acids is 4. The number of rotatable bonds is 3. The first-order valence-corrected chi connectivity index (χ1v) is 10.1. The standard InChI is InChI=1S/C21H28N4O5/c1-24-9-10-30-17-6-4-3-5-15(17)20(28)23-16(21(29)22-12-14-7-8-14)11-18(26)25(2)13-19(24)27/h3-6,14,16H,7-13H2,1-2H3,(H,22,29)(H,23,28)/t16-/m0/s1. The predicted molar refractivity (Wildman–Crippen MR) is 109 cm³/mol. The van der Waals surface area contributed by atoms with E-state index in [1.54, 1.807) is 31.3 Å². The normalized spacial score (nSPS) is 21.3. The summed E-state index contributed by atoms with van der Waals surface area (Å²) in [6.45, 7) is 0.910. The van der Waals surface area contributed by atoms with E-state index < -0.39 is 23.8 Å². The zero-order chi connectivity index (χ0) is 21.7. The second-order valence-electron chi connectivity index (χ2n) is 7.83. The van der Waals surface area contributed by atoms with Crippen molar-refractivity contribution in [2.24, 2.45) is 5.92 Å². The number of likely N-dealkylation sites (N-methyl/N-ethyl adjacent to an activating group) is 2. The molecule has 0 saturated heterocycles. The Balaban J connectivity index is 1.83. The number of amides is 4. The molecule has 1 saturated carbocycles. The molecule has 1 aromatic rings. The van der Waals surface area contributed by atoms with Gasteiger partial charge in [-0.25, -0.2) is 0 Å². The Morgan fingerprint density at radius 3 is 2.60 bits per heavy atom. The van der Waals surface area contributed by atoms with E-state index in [2.05, 4.69) is 10.6 Å². The third-order valence-electron chi connectivity index (χ3n) is 5.30. The first-order valence-electron chi connectivity index (χ1n) is 10.1. The molecule has 4 amide bonds. The van der Waals surface area contributed by atoms with Gasteiger partial charge in [-0.15, -0.1) is 0 Å². The summed E-state index contributed by atoms with van der Waals surface area (Å²) in [5, 5.41) is 5.48. The van der Waals surface area contributed by atoms with Crippen LogP contribution < -0.4 is 15.4 Å². The Bertz CT molecular complexity index is 823. The van der Waals surface area contributed by atoms with Crippen LogP contribution >= 0.6 is 0 Å². The monoisotopic (exact) mass is 416 g/mol. The molecular formula is C21H28N4O5. The van der Waals surface area contributed by atoms with Gasteiger partial charge in [0.05, 0.1) is 25.1 Å². The van der Waals surface area contributed by atoms with Crippen LogP contribution in [0.2, 0.25) is 0 Å². The second kappa shape index (κ2) is 9.60. The molecular weight excluding hydrogens is 388 g/mol. The summed E-state index contributed by atoms with van der Waals surface area (Å²) in [5.41, 5.74) is 0.268. The van der Waals surface area contributed by atoms with Gasteiger partial charge in [-0.3, -0.25) is 19.2 Å². The van der Waals surface area contributed by atoms with Gasteiger partial charge in [-0.05, 0) is 30.9 Å². The highest BCUT2D eigenvalue weighted by Crippen LogP contribution is 2.27. The van der Waals surface area contributed by atoms with Gasteiger partial charge in [-0.2, -0.15) is 0 Å². The summed E-state index contributed by atoms with van der Waals surface area (Å²) < 4.78 is 5.72. The zero-order valence-electron chi connectivity index (χ0n) is 17.3. The van der Waals surface area contributed by atoms with Gasteiger partial charge in [0, 0.05) is 20.6 Å². The highest BCUT2D eigenvalue weighted by atomic mass is 16.5. The van der Waals surface area contributed by atoms with Gasteiger partial charge in [0.15, 0.2) is 0 Å². The fourth-order valence-electron chi connectivity index (χ4n) is 3.07. The minimum absolute atomic E-state index is 0.115. The second-order valence-corrected chi connectivity index (χ2v) is 7.83. The molecule has 162 valence electrons. The van der Waals surface area contributed by atoms with Crippen molar-refractivity contribution < 1.29 is 23.9 Å². The lowest BCUT2D eigenvalue weighted by molar-refractivity contribution is -0.139. The molecule has 0 spiro atoms. The number of fused-ring (bicyclic) bond motifs is 1. The number of nitrogens with zero attached hydrogens (tertiary/aromatic N) is 2. The quantitative estimate of drug-likeness (QED) is 0.722. The molecule has 1 heterocycles. The van der Waals surface area contributed by atoms with E-state index in [0.29, 0.717) is 24.8 Å². The Morgan fingerprint density at radius 1 is 1.13 bits per heavy atom. The lowest BCUT2D eigenvalue weighted by atomic mass is 10.1. The van der Waals surface area contributed by atoms with Crippen molar-refractivity contribution in [3.8, 4) is 5.75 Å². The van der Waals surface area contributed by atoms with Crippen LogP contribution in [0.1, 0.15) is 29.6 Å². The van der Waals surface area contributed by atoms with E-state index in [1.165, 1.54) is 16.8 Å². The smallest absolute Gasteiger partial charge is 0.255 e. The summed E-state index contributed by atoms with van der Waals surface area (Å²) >= 11 is 0. The van der Waals surface area contributed by atoms with Crippen LogP contribution in [0.3, 0.4) is 0 Å². The Labute approximate surface area is 175 Å². The first-order chi connectivity index (χ1) is 14.3. The molecule has 1 aromatic carbocycles. The molecule has 2 N–H and O–H groups in total. The van der Waals surface area contributed by atoms with Crippen LogP contribution in [0.25, 0.3) is 0 Å². The van der Waals surface area contributed by atoms with E-state index in [1.807, 2.05) is 0 Å². The summed E-state index contributed by atoms with van der Waals surface area (Å²) in [7, 11) is 3.13. The molecule has 2 aliphatic rings. The van der Waals surface area contributed by atoms with E-state index in [9.17, 15) is 19.2 Å². The Kier molecular flexibility index (Phi) is 6.91. The van der Waals surface area contributed by atoms with Crippen molar-refractivity contribution in [3.05, 3.63) is 29.8 Å². The maximum absolute atomic E-state index is 12.9. The van der Waals surface area contributed by atoms with Crippen LogP contribution in [-0.4, -0.2) is 79.8 Å². The lowest BCUT2D eigenvalue weighted by Crippen LogP contribution is -2.50.